The number of carbonyl (C=O) groups excluding carboxylic acids is 2. The lowest BCUT2D eigenvalue weighted by atomic mass is 10.1. The lowest BCUT2D eigenvalue weighted by molar-refractivity contribution is -0.131. The maximum atomic E-state index is 12.0. The van der Waals surface area contributed by atoms with Gasteiger partial charge in [-0.2, -0.15) is 0 Å². The summed E-state index contributed by atoms with van der Waals surface area (Å²) in [4.78, 5) is 27.5. The van der Waals surface area contributed by atoms with Gasteiger partial charge in [-0.05, 0) is 37.1 Å². The van der Waals surface area contributed by atoms with Crippen LogP contribution >= 0.6 is 0 Å². The molecule has 2 amide bonds. The van der Waals surface area contributed by atoms with Crippen molar-refractivity contribution in [1.82, 2.24) is 4.90 Å². The molecule has 1 rings (SSSR count). The minimum absolute atomic E-state index is 0.0149. The van der Waals surface area contributed by atoms with E-state index in [0.29, 0.717) is 13.0 Å². The van der Waals surface area contributed by atoms with E-state index >= 15 is 0 Å². The zero-order chi connectivity index (χ0) is 17.6. The highest BCUT2D eigenvalue weighted by molar-refractivity contribution is 5.90. The van der Waals surface area contributed by atoms with E-state index in [2.05, 4.69) is 19.2 Å². The third kappa shape index (κ3) is 5.27. The summed E-state index contributed by atoms with van der Waals surface area (Å²) in [7, 11) is 3.95. The highest BCUT2D eigenvalue weighted by Gasteiger charge is 2.18. The van der Waals surface area contributed by atoms with Crippen LogP contribution in [-0.2, 0) is 16.1 Å². The summed E-state index contributed by atoms with van der Waals surface area (Å²) in [5.74, 6) is 0.0472. The van der Waals surface area contributed by atoms with Crippen LogP contribution in [-0.4, -0.2) is 36.9 Å². The molecule has 0 aliphatic heterocycles. The highest BCUT2D eigenvalue weighted by Crippen LogP contribution is 2.25. The van der Waals surface area contributed by atoms with Crippen molar-refractivity contribution in [3.8, 4) is 0 Å². The Labute approximate surface area is 139 Å². The van der Waals surface area contributed by atoms with Gasteiger partial charge in [-0.1, -0.05) is 13.8 Å². The zero-order valence-electron chi connectivity index (χ0n) is 15.1. The third-order valence-corrected chi connectivity index (χ3v) is 4.03. The molecule has 0 heterocycles. The predicted molar refractivity (Wildman–Crippen MR) is 95.7 cm³/mol. The molecule has 0 fully saturated rings. The molecule has 0 spiro atoms. The molecule has 128 valence electrons. The van der Waals surface area contributed by atoms with E-state index in [1.54, 1.807) is 6.92 Å². The Kier molecular flexibility index (Phi) is 7.07. The largest absolute Gasteiger partial charge is 0.377 e. The molecule has 1 aromatic rings. The maximum absolute atomic E-state index is 12.0. The van der Waals surface area contributed by atoms with Crippen LogP contribution in [0.4, 0.5) is 11.4 Å². The Morgan fingerprint density at radius 1 is 1.22 bits per heavy atom. The molecule has 0 unspecified atom stereocenters. The summed E-state index contributed by atoms with van der Waals surface area (Å²) >= 11 is 0. The molecular weight excluding hydrogens is 290 g/mol. The van der Waals surface area contributed by atoms with Crippen LogP contribution in [0.25, 0.3) is 0 Å². The van der Waals surface area contributed by atoms with Gasteiger partial charge in [-0.15, -0.1) is 0 Å². The molecule has 23 heavy (non-hydrogen) atoms. The highest BCUT2D eigenvalue weighted by atomic mass is 16.2. The summed E-state index contributed by atoms with van der Waals surface area (Å²) in [6, 6.07) is 6.02. The van der Waals surface area contributed by atoms with Crippen molar-refractivity contribution in [1.29, 1.82) is 0 Å². The third-order valence-electron chi connectivity index (χ3n) is 4.03. The number of hydrogen-bond donors (Lipinski definition) is 1. The molecule has 1 aromatic carbocycles. The average molecular weight is 319 g/mol. The van der Waals surface area contributed by atoms with Crippen LogP contribution in [0.2, 0.25) is 0 Å². The van der Waals surface area contributed by atoms with Crippen molar-refractivity contribution < 1.29 is 9.59 Å². The Balaban J connectivity index is 3.15. The van der Waals surface area contributed by atoms with E-state index in [0.717, 1.165) is 23.4 Å². The van der Waals surface area contributed by atoms with Crippen LogP contribution in [0.15, 0.2) is 18.2 Å². The van der Waals surface area contributed by atoms with Crippen LogP contribution < -0.4 is 10.2 Å². The van der Waals surface area contributed by atoms with Crippen LogP contribution in [0.5, 0.6) is 0 Å². The molecule has 0 radical (unpaired) electrons. The van der Waals surface area contributed by atoms with Crippen LogP contribution in [0.1, 0.15) is 46.1 Å². The van der Waals surface area contributed by atoms with Crippen molar-refractivity contribution in [2.75, 3.05) is 24.3 Å². The van der Waals surface area contributed by atoms with Gasteiger partial charge in [0, 0.05) is 51.4 Å². The standard InChI is InChI=1S/C18H29N3O2/c1-7-13(3)21(14(4)22)12-15-11-16(19-18(23)8-2)9-10-17(15)20(5)6/h9-11,13H,7-8,12H2,1-6H3,(H,19,23)/t13-/m0/s1. The lowest BCUT2D eigenvalue weighted by Gasteiger charge is -2.29. The average Bonchev–Trinajstić information content (AvgIpc) is 2.51. The number of amides is 2. The second kappa shape index (κ2) is 8.56. The maximum Gasteiger partial charge on any atom is 0.224 e. The first kappa shape index (κ1) is 19.0. The number of hydrogen-bond acceptors (Lipinski definition) is 3. The first-order valence-corrected chi connectivity index (χ1v) is 8.17. The molecular formula is C18H29N3O2. The molecule has 5 nitrogen and oxygen atoms in total. The second-order valence-corrected chi connectivity index (χ2v) is 6.04. The molecule has 0 bridgehead atoms. The summed E-state index contributed by atoms with van der Waals surface area (Å²) in [5, 5.41) is 2.88. The summed E-state index contributed by atoms with van der Waals surface area (Å²) < 4.78 is 0. The van der Waals surface area contributed by atoms with Gasteiger partial charge in [-0.3, -0.25) is 9.59 Å². The lowest BCUT2D eigenvalue weighted by Crippen LogP contribution is -2.36. The van der Waals surface area contributed by atoms with E-state index < -0.39 is 0 Å². The summed E-state index contributed by atoms with van der Waals surface area (Å²) in [6.45, 7) is 8.09. The van der Waals surface area contributed by atoms with Gasteiger partial charge in [0.2, 0.25) is 11.8 Å². The zero-order valence-corrected chi connectivity index (χ0v) is 15.1. The van der Waals surface area contributed by atoms with Gasteiger partial charge in [0.05, 0.1) is 0 Å². The van der Waals surface area contributed by atoms with Crippen molar-refractivity contribution in [2.45, 2.75) is 53.1 Å². The van der Waals surface area contributed by atoms with Crippen molar-refractivity contribution >= 4 is 23.2 Å². The smallest absolute Gasteiger partial charge is 0.224 e. The number of anilines is 2. The molecule has 5 heteroatoms. The Hall–Kier alpha value is -2.04. The van der Waals surface area contributed by atoms with Gasteiger partial charge in [0.1, 0.15) is 0 Å². The summed E-state index contributed by atoms with van der Waals surface area (Å²) in [5.41, 5.74) is 2.85. The fraction of sp³-hybridized carbons (Fsp3) is 0.556. The molecule has 1 N–H and O–H groups in total. The van der Waals surface area contributed by atoms with E-state index in [-0.39, 0.29) is 17.9 Å². The van der Waals surface area contributed by atoms with E-state index in [9.17, 15) is 9.59 Å². The van der Waals surface area contributed by atoms with E-state index in [4.69, 9.17) is 0 Å². The van der Waals surface area contributed by atoms with Crippen molar-refractivity contribution in [3.63, 3.8) is 0 Å². The second-order valence-electron chi connectivity index (χ2n) is 6.04. The molecule has 0 saturated carbocycles. The number of benzene rings is 1. The molecule has 1 atom stereocenters. The number of nitrogens with zero attached hydrogens (tertiary/aromatic N) is 2. The van der Waals surface area contributed by atoms with Crippen molar-refractivity contribution in [2.24, 2.45) is 0 Å². The molecule has 0 saturated heterocycles. The Bertz CT molecular complexity index is 555. The summed E-state index contributed by atoms with van der Waals surface area (Å²) in [6.07, 6.45) is 1.35. The van der Waals surface area contributed by atoms with Gasteiger partial charge < -0.3 is 15.1 Å². The SMILES string of the molecule is CCC(=O)Nc1ccc(N(C)C)c(CN(C(C)=O)[C@@H](C)CC)c1. The quantitative estimate of drug-likeness (QED) is 0.839. The van der Waals surface area contributed by atoms with Gasteiger partial charge in [0.25, 0.3) is 0 Å². The van der Waals surface area contributed by atoms with Crippen molar-refractivity contribution in [3.05, 3.63) is 23.8 Å². The molecule has 0 aliphatic carbocycles. The van der Waals surface area contributed by atoms with Gasteiger partial charge in [-0.25, -0.2) is 0 Å². The van der Waals surface area contributed by atoms with Gasteiger partial charge in [0.15, 0.2) is 0 Å². The molecule has 0 aliphatic rings. The monoisotopic (exact) mass is 319 g/mol. The van der Waals surface area contributed by atoms with Crippen LogP contribution in [0, 0.1) is 0 Å². The Morgan fingerprint density at radius 3 is 2.35 bits per heavy atom. The fourth-order valence-corrected chi connectivity index (χ4v) is 2.46. The van der Waals surface area contributed by atoms with Gasteiger partial charge >= 0.3 is 0 Å². The first-order chi connectivity index (χ1) is 10.8. The minimum Gasteiger partial charge on any atom is -0.377 e. The minimum atomic E-state index is -0.0149. The predicted octanol–water partition coefficient (Wildman–Crippen LogP) is 3.25. The molecule has 0 aromatic heterocycles. The van der Waals surface area contributed by atoms with E-state index in [1.165, 1.54) is 0 Å². The fourth-order valence-electron chi connectivity index (χ4n) is 2.46. The topological polar surface area (TPSA) is 52.7 Å². The number of nitrogens with one attached hydrogen (secondary N) is 1. The Morgan fingerprint density at radius 2 is 1.87 bits per heavy atom. The van der Waals surface area contributed by atoms with Crippen LogP contribution in [0.3, 0.4) is 0 Å². The number of carbonyl (C=O) groups is 2. The normalized spacial score (nSPS) is 11.7. The first-order valence-electron chi connectivity index (χ1n) is 8.17. The van der Waals surface area contributed by atoms with E-state index in [1.807, 2.05) is 49.0 Å². The number of rotatable bonds is 7.